The van der Waals surface area contributed by atoms with E-state index in [0.29, 0.717) is 18.9 Å². The predicted octanol–water partition coefficient (Wildman–Crippen LogP) is 3.85. The Bertz CT molecular complexity index is 621. The molecule has 5 heteroatoms. The highest BCUT2D eigenvalue weighted by Gasteiger charge is 2.26. The number of nitrogens with zero attached hydrogens (tertiary/aromatic N) is 1. The number of hydrogen-bond donors (Lipinski definition) is 1. The van der Waals surface area contributed by atoms with Gasteiger partial charge in [-0.15, -0.1) is 0 Å². The molecule has 0 saturated carbocycles. The first-order valence-corrected chi connectivity index (χ1v) is 9.00. The largest absolute Gasteiger partial charge is 0.490 e. The van der Waals surface area contributed by atoms with Gasteiger partial charge in [0.2, 0.25) is 0 Å². The van der Waals surface area contributed by atoms with Crippen molar-refractivity contribution in [3.8, 4) is 5.75 Å². The van der Waals surface area contributed by atoms with E-state index in [9.17, 15) is 9.59 Å². The zero-order valence-corrected chi connectivity index (χ0v) is 16.6. The third kappa shape index (κ3) is 5.62. The Hall–Kier alpha value is -2.30. The van der Waals surface area contributed by atoms with Gasteiger partial charge in [-0.3, -0.25) is 9.59 Å². The van der Waals surface area contributed by atoms with Gasteiger partial charge < -0.3 is 15.4 Å². The quantitative estimate of drug-likeness (QED) is 0.837. The number of ketones is 2. The molecule has 0 unspecified atom stereocenters. The first kappa shape index (κ1) is 22.7. The molecule has 0 amide bonds. The Morgan fingerprint density at radius 1 is 1.12 bits per heavy atom. The lowest BCUT2D eigenvalue weighted by Crippen LogP contribution is -2.37. The Labute approximate surface area is 151 Å². The molecule has 1 aliphatic rings. The molecule has 0 fully saturated rings. The highest BCUT2D eigenvalue weighted by atomic mass is 16.5. The van der Waals surface area contributed by atoms with Crippen LogP contribution in [0.5, 0.6) is 5.75 Å². The molecular formula is C20H32N2O3. The van der Waals surface area contributed by atoms with Crippen LogP contribution in [0.25, 0.3) is 0 Å². The molecule has 0 spiro atoms. The number of carbonyl (C=O) groups excluding carboxylic acids is 2. The van der Waals surface area contributed by atoms with Crippen LogP contribution in [0, 0.1) is 0 Å². The first-order chi connectivity index (χ1) is 12.0. The van der Waals surface area contributed by atoms with E-state index >= 15 is 0 Å². The lowest BCUT2D eigenvalue weighted by atomic mass is 10.1. The zero-order valence-electron chi connectivity index (χ0n) is 16.6. The van der Waals surface area contributed by atoms with Crippen molar-refractivity contribution in [3.05, 3.63) is 35.2 Å². The van der Waals surface area contributed by atoms with E-state index in [2.05, 4.69) is 6.92 Å². The van der Waals surface area contributed by atoms with Crippen molar-refractivity contribution in [1.82, 2.24) is 0 Å². The molecule has 0 saturated heterocycles. The van der Waals surface area contributed by atoms with Gasteiger partial charge in [0.25, 0.3) is 0 Å². The number of nitrogens with two attached hydrogens (primary N) is 1. The van der Waals surface area contributed by atoms with Crippen LogP contribution in [0.2, 0.25) is 0 Å². The minimum absolute atomic E-state index is 0.00254. The van der Waals surface area contributed by atoms with Crippen LogP contribution in [-0.4, -0.2) is 24.7 Å². The number of Topliss-reactive ketones (excluding diaryl/α,β-unsaturated/α-hetero) is 2. The molecule has 0 radical (unpaired) electrons. The Kier molecular flexibility index (Phi) is 10.2. The van der Waals surface area contributed by atoms with Gasteiger partial charge in [-0.1, -0.05) is 40.7 Å². The van der Waals surface area contributed by atoms with Crippen LogP contribution < -0.4 is 15.4 Å². The molecule has 2 rings (SSSR count). The lowest BCUT2D eigenvalue weighted by molar-refractivity contribution is -0.116. The molecule has 140 valence electrons. The van der Waals surface area contributed by atoms with Crippen molar-refractivity contribution in [2.24, 2.45) is 5.73 Å². The second-order valence-corrected chi connectivity index (χ2v) is 5.03. The van der Waals surface area contributed by atoms with Crippen LogP contribution in [-0.2, 0) is 16.0 Å². The van der Waals surface area contributed by atoms with E-state index in [-0.39, 0.29) is 23.0 Å². The van der Waals surface area contributed by atoms with E-state index in [1.807, 2.05) is 45.9 Å². The Balaban J connectivity index is 0.00000134. The fraction of sp³-hybridized carbons (Fsp3) is 0.500. The minimum Gasteiger partial charge on any atom is -0.490 e. The fourth-order valence-corrected chi connectivity index (χ4v) is 2.41. The molecule has 1 aliphatic heterocycles. The van der Waals surface area contributed by atoms with Gasteiger partial charge >= 0.3 is 0 Å². The summed E-state index contributed by atoms with van der Waals surface area (Å²) in [6, 6.07) is 5.86. The second-order valence-electron chi connectivity index (χ2n) is 5.03. The van der Waals surface area contributed by atoms with E-state index < -0.39 is 0 Å². The molecule has 0 aromatic heterocycles. The number of aryl methyl sites for hydroxylation is 1. The SMILES string of the molecule is CC.CC.CCc1ccc2c(c1)N(/C(C(C)=O)=C(\N)C(C)=O)CCO2. The van der Waals surface area contributed by atoms with Crippen LogP contribution in [0.4, 0.5) is 5.69 Å². The monoisotopic (exact) mass is 348 g/mol. The van der Waals surface area contributed by atoms with Gasteiger partial charge in [-0.05, 0) is 24.1 Å². The second kappa shape index (κ2) is 11.3. The molecule has 0 aliphatic carbocycles. The van der Waals surface area contributed by atoms with E-state index in [1.165, 1.54) is 13.8 Å². The van der Waals surface area contributed by atoms with Crippen LogP contribution in [0.1, 0.15) is 54.0 Å². The number of benzene rings is 1. The number of fused-ring (bicyclic) bond motifs is 1. The number of ether oxygens (including phenoxy) is 1. The maximum Gasteiger partial charge on any atom is 0.178 e. The predicted molar refractivity (Wildman–Crippen MR) is 104 cm³/mol. The minimum atomic E-state index is -0.306. The number of anilines is 1. The highest BCUT2D eigenvalue weighted by molar-refractivity contribution is 6.06. The summed E-state index contributed by atoms with van der Waals surface area (Å²) >= 11 is 0. The topological polar surface area (TPSA) is 72.6 Å². The molecule has 2 N–H and O–H groups in total. The van der Waals surface area contributed by atoms with Gasteiger partial charge in [-0.2, -0.15) is 0 Å². The van der Waals surface area contributed by atoms with Gasteiger partial charge in [0.15, 0.2) is 11.6 Å². The summed E-state index contributed by atoms with van der Waals surface area (Å²) in [4.78, 5) is 25.3. The molecular weight excluding hydrogens is 316 g/mol. The zero-order chi connectivity index (χ0) is 19.6. The summed E-state index contributed by atoms with van der Waals surface area (Å²) < 4.78 is 5.62. The van der Waals surface area contributed by atoms with Crippen molar-refractivity contribution in [3.63, 3.8) is 0 Å². The molecule has 5 nitrogen and oxygen atoms in total. The summed E-state index contributed by atoms with van der Waals surface area (Å²) in [6.45, 7) is 13.8. The van der Waals surface area contributed by atoms with E-state index in [0.717, 1.165) is 17.7 Å². The van der Waals surface area contributed by atoms with Crippen LogP contribution in [0.15, 0.2) is 29.6 Å². The molecule has 1 heterocycles. The smallest absolute Gasteiger partial charge is 0.178 e. The third-order valence-electron chi connectivity index (χ3n) is 3.53. The third-order valence-corrected chi connectivity index (χ3v) is 3.53. The average molecular weight is 348 g/mol. The molecule has 1 aromatic carbocycles. The molecule has 1 aromatic rings. The molecule has 25 heavy (non-hydrogen) atoms. The van der Waals surface area contributed by atoms with Crippen molar-refractivity contribution in [2.75, 3.05) is 18.1 Å². The molecule has 0 atom stereocenters. The van der Waals surface area contributed by atoms with Crippen LogP contribution in [0.3, 0.4) is 0 Å². The summed E-state index contributed by atoms with van der Waals surface area (Å²) in [5, 5.41) is 0. The Morgan fingerprint density at radius 2 is 1.72 bits per heavy atom. The van der Waals surface area contributed by atoms with Crippen LogP contribution >= 0.6 is 0 Å². The van der Waals surface area contributed by atoms with Gasteiger partial charge in [0.05, 0.1) is 12.2 Å². The maximum atomic E-state index is 12.0. The average Bonchev–Trinajstić information content (AvgIpc) is 2.64. The summed E-state index contributed by atoms with van der Waals surface area (Å²) in [7, 11) is 0. The lowest BCUT2D eigenvalue weighted by Gasteiger charge is -2.33. The number of allylic oxidation sites excluding steroid dienone is 2. The standard InChI is InChI=1S/C16H20N2O3.2C2H6/c1-4-12-5-6-14-13(9-12)18(7-8-21-14)16(11(3)20)15(17)10(2)19;2*1-2/h5-6,9H,4,7-8,17H2,1-3H3;2*1-2H3/b16-15-;;. The van der Waals surface area contributed by atoms with E-state index in [4.69, 9.17) is 10.5 Å². The van der Waals surface area contributed by atoms with Crippen molar-refractivity contribution >= 4 is 17.3 Å². The van der Waals surface area contributed by atoms with Gasteiger partial charge in [0.1, 0.15) is 23.8 Å². The number of hydrogen-bond acceptors (Lipinski definition) is 5. The summed E-state index contributed by atoms with van der Waals surface area (Å²) in [6.07, 6.45) is 0.877. The van der Waals surface area contributed by atoms with E-state index in [1.54, 1.807) is 4.90 Å². The summed E-state index contributed by atoms with van der Waals surface area (Å²) in [5.74, 6) is 0.172. The highest BCUT2D eigenvalue weighted by Crippen LogP contribution is 2.35. The number of carbonyl (C=O) groups is 2. The Morgan fingerprint density at radius 3 is 2.20 bits per heavy atom. The fourth-order valence-electron chi connectivity index (χ4n) is 2.41. The molecule has 0 bridgehead atoms. The number of rotatable bonds is 4. The van der Waals surface area contributed by atoms with Crippen molar-refractivity contribution in [2.45, 2.75) is 54.9 Å². The normalized spacial score (nSPS) is 13.0. The van der Waals surface area contributed by atoms with Gasteiger partial charge in [0, 0.05) is 13.8 Å². The maximum absolute atomic E-state index is 12.0. The van der Waals surface area contributed by atoms with Gasteiger partial charge in [-0.25, -0.2) is 0 Å². The first-order valence-electron chi connectivity index (χ1n) is 9.00. The van der Waals surface area contributed by atoms with Crippen molar-refractivity contribution < 1.29 is 14.3 Å². The van der Waals surface area contributed by atoms with Crippen molar-refractivity contribution in [1.29, 1.82) is 0 Å². The summed E-state index contributed by atoms with van der Waals surface area (Å²) in [5.41, 5.74) is 8.01.